The first-order valence-electron chi connectivity index (χ1n) is 5.55. The first-order valence-corrected chi connectivity index (χ1v) is 5.55. The van der Waals surface area contributed by atoms with Crippen LogP contribution in [0.25, 0.3) is 0 Å². The fourth-order valence-corrected chi connectivity index (χ4v) is 1.71. The minimum absolute atomic E-state index is 0.128. The number of aryl methyl sites for hydroxylation is 1. The van der Waals surface area contributed by atoms with Gasteiger partial charge in [0.15, 0.2) is 6.29 Å². The van der Waals surface area contributed by atoms with Gasteiger partial charge in [-0.15, -0.1) is 0 Å². The van der Waals surface area contributed by atoms with Gasteiger partial charge in [-0.1, -0.05) is 0 Å². The zero-order valence-corrected chi connectivity index (χ0v) is 9.72. The summed E-state index contributed by atoms with van der Waals surface area (Å²) >= 11 is 0. The number of ether oxygens (including phenoxy) is 3. The largest absolute Gasteiger partial charge is 0.465 e. The third-order valence-electron chi connectivity index (χ3n) is 2.58. The van der Waals surface area contributed by atoms with E-state index in [9.17, 15) is 4.79 Å². The zero-order chi connectivity index (χ0) is 12.1. The average molecular weight is 237 g/mol. The quantitative estimate of drug-likeness (QED) is 0.736. The maximum Gasteiger partial charge on any atom is 0.339 e. The van der Waals surface area contributed by atoms with Crippen molar-refractivity contribution >= 4 is 5.97 Å². The van der Waals surface area contributed by atoms with Crippen LogP contribution < -0.4 is 0 Å². The first kappa shape index (κ1) is 12.0. The lowest BCUT2D eigenvalue weighted by atomic mass is 10.1. The predicted octanol–water partition coefficient (Wildman–Crippen LogP) is 1.17. The molecule has 17 heavy (non-hydrogen) atoms. The van der Waals surface area contributed by atoms with E-state index in [-0.39, 0.29) is 12.3 Å². The van der Waals surface area contributed by atoms with E-state index in [0.29, 0.717) is 18.8 Å². The number of nitrogens with zero attached hydrogens (tertiary/aromatic N) is 1. The molecular weight excluding hydrogens is 222 g/mol. The molecule has 0 unspecified atom stereocenters. The number of esters is 1. The summed E-state index contributed by atoms with van der Waals surface area (Å²) in [5.41, 5.74) is 1.45. The molecule has 0 bridgehead atoms. The Hall–Kier alpha value is -1.46. The van der Waals surface area contributed by atoms with E-state index >= 15 is 0 Å². The van der Waals surface area contributed by atoms with Gasteiger partial charge in [0.25, 0.3) is 0 Å². The second-order valence-corrected chi connectivity index (χ2v) is 3.78. The highest BCUT2D eigenvalue weighted by Crippen LogP contribution is 2.13. The van der Waals surface area contributed by atoms with Gasteiger partial charge in [0.05, 0.1) is 25.9 Å². The van der Waals surface area contributed by atoms with E-state index in [1.54, 1.807) is 12.3 Å². The van der Waals surface area contributed by atoms with Gasteiger partial charge in [0.2, 0.25) is 0 Å². The van der Waals surface area contributed by atoms with Crippen LogP contribution in [0.15, 0.2) is 18.5 Å². The Balaban J connectivity index is 1.93. The van der Waals surface area contributed by atoms with Crippen LogP contribution in [-0.2, 0) is 20.6 Å². The molecule has 0 saturated carbocycles. The minimum atomic E-state index is -0.368. The Bertz CT molecular complexity index is 388. The van der Waals surface area contributed by atoms with Gasteiger partial charge in [-0.2, -0.15) is 0 Å². The van der Waals surface area contributed by atoms with Gasteiger partial charge in [-0.05, 0) is 18.1 Å². The van der Waals surface area contributed by atoms with Gasteiger partial charge in [-0.25, -0.2) is 4.79 Å². The highest BCUT2D eigenvalue weighted by atomic mass is 16.7. The first-order chi connectivity index (χ1) is 8.29. The van der Waals surface area contributed by atoms with Crippen LogP contribution in [-0.4, -0.2) is 37.6 Å². The van der Waals surface area contributed by atoms with Crippen molar-refractivity contribution in [2.75, 3.05) is 20.3 Å². The summed E-state index contributed by atoms with van der Waals surface area (Å²) < 4.78 is 15.3. The molecule has 1 aromatic heterocycles. The lowest BCUT2D eigenvalue weighted by molar-refractivity contribution is -0.0462. The van der Waals surface area contributed by atoms with E-state index in [4.69, 9.17) is 9.47 Å². The average Bonchev–Trinajstić information content (AvgIpc) is 2.89. The Morgan fingerprint density at radius 3 is 2.94 bits per heavy atom. The number of aromatic nitrogens is 1. The molecule has 0 aliphatic carbocycles. The highest BCUT2D eigenvalue weighted by molar-refractivity contribution is 5.89. The van der Waals surface area contributed by atoms with Crippen LogP contribution in [0, 0.1) is 0 Å². The molecule has 1 fully saturated rings. The predicted molar refractivity (Wildman–Crippen MR) is 59.6 cm³/mol. The topological polar surface area (TPSA) is 57.7 Å². The van der Waals surface area contributed by atoms with Crippen LogP contribution in [0.4, 0.5) is 0 Å². The van der Waals surface area contributed by atoms with Crippen LogP contribution in [0.3, 0.4) is 0 Å². The van der Waals surface area contributed by atoms with Crippen LogP contribution in [0.2, 0.25) is 0 Å². The van der Waals surface area contributed by atoms with Gasteiger partial charge in [0, 0.05) is 18.8 Å². The van der Waals surface area contributed by atoms with Gasteiger partial charge >= 0.3 is 5.97 Å². The number of pyridine rings is 1. The van der Waals surface area contributed by atoms with E-state index in [0.717, 1.165) is 18.4 Å². The molecule has 0 amide bonds. The van der Waals surface area contributed by atoms with Crippen molar-refractivity contribution in [1.29, 1.82) is 0 Å². The van der Waals surface area contributed by atoms with E-state index < -0.39 is 0 Å². The van der Waals surface area contributed by atoms with Gasteiger partial charge < -0.3 is 14.2 Å². The molecule has 0 N–H and O–H groups in total. The summed E-state index contributed by atoms with van der Waals surface area (Å²) in [7, 11) is 1.36. The van der Waals surface area contributed by atoms with Crippen LogP contribution in [0.5, 0.6) is 0 Å². The lowest BCUT2D eigenvalue weighted by Crippen LogP contribution is -2.09. The maximum absolute atomic E-state index is 11.3. The molecule has 0 atom stereocenters. The molecule has 1 aliphatic heterocycles. The summed E-state index contributed by atoms with van der Waals surface area (Å²) in [6, 6.07) is 1.79. The Morgan fingerprint density at radius 1 is 1.47 bits per heavy atom. The van der Waals surface area contributed by atoms with Crippen molar-refractivity contribution < 1.29 is 19.0 Å². The molecule has 0 spiro atoms. The molecule has 0 aromatic carbocycles. The van der Waals surface area contributed by atoms with Crippen molar-refractivity contribution in [3.63, 3.8) is 0 Å². The standard InChI is InChI=1S/C12H15NO4/c1-15-12(14)10-6-9(7-13-8-10)2-3-11-16-4-5-17-11/h6-8,11H,2-5H2,1H3. The van der Waals surface area contributed by atoms with Crippen molar-refractivity contribution in [3.8, 4) is 0 Å². The maximum atomic E-state index is 11.3. The third-order valence-corrected chi connectivity index (χ3v) is 2.58. The fourth-order valence-electron chi connectivity index (χ4n) is 1.71. The Kier molecular flexibility index (Phi) is 4.06. The summed E-state index contributed by atoms with van der Waals surface area (Å²) in [5.74, 6) is -0.368. The molecule has 5 heteroatoms. The summed E-state index contributed by atoms with van der Waals surface area (Å²) in [5, 5.41) is 0. The van der Waals surface area contributed by atoms with Gasteiger partial charge in [0.1, 0.15) is 0 Å². The fraction of sp³-hybridized carbons (Fsp3) is 0.500. The smallest absolute Gasteiger partial charge is 0.339 e. The third kappa shape index (κ3) is 3.25. The highest BCUT2D eigenvalue weighted by Gasteiger charge is 2.15. The molecule has 1 aliphatic rings. The molecule has 2 rings (SSSR count). The Labute approximate surface area is 99.7 Å². The SMILES string of the molecule is COC(=O)c1cncc(CCC2OCCO2)c1. The summed E-state index contributed by atoms with van der Waals surface area (Å²) in [6.45, 7) is 1.32. The summed E-state index contributed by atoms with van der Waals surface area (Å²) in [6.07, 6.45) is 4.64. The number of hydrogen-bond acceptors (Lipinski definition) is 5. The van der Waals surface area contributed by atoms with Crippen LogP contribution in [0.1, 0.15) is 22.3 Å². The lowest BCUT2D eigenvalue weighted by Gasteiger charge is -2.08. The molecular formula is C12H15NO4. The second-order valence-electron chi connectivity index (χ2n) is 3.78. The van der Waals surface area contributed by atoms with Gasteiger partial charge in [-0.3, -0.25) is 4.98 Å². The van der Waals surface area contributed by atoms with E-state index in [1.165, 1.54) is 13.3 Å². The zero-order valence-electron chi connectivity index (χ0n) is 9.72. The number of carbonyl (C=O) groups is 1. The van der Waals surface area contributed by atoms with Crippen LogP contribution >= 0.6 is 0 Å². The number of carbonyl (C=O) groups excluding carboxylic acids is 1. The van der Waals surface area contributed by atoms with Crippen molar-refractivity contribution in [2.45, 2.75) is 19.1 Å². The summed E-state index contributed by atoms with van der Waals surface area (Å²) in [4.78, 5) is 15.3. The van der Waals surface area contributed by atoms with Crippen molar-refractivity contribution in [3.05, 3.63) is 29.6 Å². The number of hydrogen-bond donors (Lipinski definition) is 0. The number of methoxy groups -OCH3 is 1. The molecule has 0 radical (unpaired) electrons. The van der Waals surface area contributed by atoms with Crippen molar-refractivity contribution in [2.24, 2.45) is 0 Å². The number of rotatable bonds is 4. The van der Waals surface area contributed by atoms with E-state index in [2.05, 4.69) is 9.72 Å². The minimum Gasteiger partial charge on any atom is -0.465 e. The Morgan fingerprint density at radius 2 is 2.24 bits per heavy atom. The van der Waals surface area contributed by atoms with Crippen molar-refractivity contribution in [1.82, 2.24) is 4.98 Å². The molecule has 1 saturated heterocycles. The molecule has 5 nitrogen and oxygen atoms in total. The molecule has 92 valence electrons. The van der Waals surface area contributed by atoms with E-state index in [1.807, 2.05) is 0 Å². The monoisotopic (exact) mass is 237 g/mol. The normalized spacial score (nSPS) is 16.1. The molecule has 2 heterocycles. The molecule has 1 aromatic rings. The second kappa shape index (κ2) is 5.75.